The minimum absolute atomic E-state index is 0.0330. The smallest absolute Gasteiger partial charge is 0.255 e. The molecule has 0 radical (unpaired) electrons. The largest absolute Gasteiger partial charge is 0.320 e. The molecule has 1 aromatic carbocycles. The van der Waals surface area contributed by atoms with Crippen molar-refractivity contribution in [2.24, 2.45) is 5.73 Å². The van der Waals surface area contributed by atoms with Gasteiger partial charge in [-0.1, -0.05) is 57.0 Å². The van der Waals surface area contributed by atoms with Crippen LogP contribution in [0, 0.1) is 0 Å². The maximum Gasteiger partial charge on any atom is 0.255 e. The highest BCUT2D eigenvalue weighted by Gasteiger charge is 2.13. The molecule has 22 heavy (non-hydrogen) atoms. The van der Waals surface area contributed by atoms with Crippen LogP contribution in [0.4, 0.5) is 0 Å². The third-order valence-electron chi connectivity index (χ3n) is 4.13. The van der Waals surface area contributed by atoms with E-state index in [0.717, 1.165) is 37.8 Å². The van der Waals surface area contributed by atoms with Gasteiger partial charge in [0.1, 0.15) is 0 Å². The van der Waals surface area contributed by atoms with E-state index in [1.54, 1.807) is 4.57 Å². The molecule has 118 valence electrons. The van der Waals surface area contributed by atoms with Crippen LogP contribution in [-0.4, -0.2) is 4.57 Å². The highest BCUT2D eigenvalue weighted by atomic mass is 16.1. The topological polar surface area (TPSA) is 48.0 Å². The fourth-order valence-corrected chi connectivity index (χ4v) is 2.64. The van der Waals surface area contributed by atoms with Crippen molar-refractivity contribution in [3.05, 3.63) is 69.6 Å². The molecule has 0 fully saturated rings. The number of rotatable bonds is 7. The van der Waals surface area contributed by atoms with Crippen molar-refractivity contribution in [2.75, 3.05) is 0 Å². The summed E-state index contributed by atoms with van der Waals surface area (Å²) in [4.78, 5) is 12.6. The lowest BCUT2D eigenvalue weighted by Crippen LogP contribution is -2.28. The average molecular weight is 298 g/mol. The van der Waals surface area contributed by atoms with E-state index in [0.29, 0.717) is 5.56 Å². The van der Waals surface area contributed by atoms with Gasteiger partial charge in [0.15, 0.2) is 0 Å². The van der Waals surface area contributed by atoms with Gasteiger partial charge in [0.05, 0.1) is 6.04 Å². The Labute approximate surface area is 132 Å². The molecular weight excluding hydrogens is 272 g/mol. The number of aryl methyl sites for hydroxylation is 2. The lowest BCUT2D eigenvalue weighted by molar-refractivity contribution is 0.581. The zero-order valence-corrected chi connectivity index (χ0v) is 13.6. The monoisotopic (exact) mass is 298 g/mol. The quantitative estimate of drug-likeness (QED) is 0.793. The van der Waals surface area contributed by atoms with Crippen LogP contribution in [0.2, 0.25) is 0 Å². The number of nitrogens with two attached hydrogens (primary N) is 1. The minimum Gasteiger partial charge on any atom is -0.320 e. The van der Waals surface area contributed by atoms with Crippen molar-refractivity contribution in [1.82, 2.24) is 4.57 Å². The summed E-state index contributed by atoms with van der Waals surface area (Å²) in [5, 5.41) is 0. The number of nitrogens with zero attached hydrogens (tertiary/aromatic N) is 1. The van der Waals surface area contributed by atoms with Crippen molar-refractivity contribution in [1.29, 1.82) is 0 Å². The molecule has 1 unspecified atom stereocenters. The first-order valence-electron chi connectivity index (χ1n) is 8.21. The van der Waals surface area contributed by atoms with Crippen LogP contribution in [0.25, 0.3) is 0 Å². The molecule has 0 amide bonds. The number of pyridine rings is 1. The van der Waals surface area contributed by atoms with Crippen molar-refractivity contribution in [3.8, 4) is 0 Å². The van der Waals surface area contributed by atoms with Crippen LogP contribution in [0.1, 0.15) is 55.8 Å². The van der Waals surface area contributed by atoms with Gasteiger partial charge < -0.3 is 10.3 Å². The summed E-state index contributed by atoms with van der Waals surface area (Å²) >= 11 is 0. The third kappa shape index (κ3) is 3.86. The Morgan fingerprint density at radius 3 is 2.45 bits per heavy atom. The highest BCUT2D eigenvalue weighted by molar-refractivity contribution is 5.32. The molecular formula is C19H26N2O. The molecule has 0 aliphatic rings. The van der Waals surface area contributed by atoms with E-state index in [1.165, 1.54) is 5.56 Å². The van der Waals surface area contributed by atoms with Gasteiger partial charge in [-0.05, 0) is 30.0 Å². The molecule has 2 aromatic rings. The summed E-state index contributed by atoms with van der Waals surface area (Å²) in [6.45, 7) is 5.05. The predicted octanol–water partition coefficient (Wildman–Crippen LogP) is 3.65. The van der Waals surface area contributed by atoms with Gasteiger partial charge in [-0.2, -0.15) is 0 Å². The molecule has 0 saturated heterocycles. The fourth-order valence-electron chi connectivity index (χ4n) is 2.64. The number of aromatic nitrogens is 1. The first-order chi connectivity index (χ1) is 10.7. The fraction of sp³-hybridized carbons (Fsp3) is 0.421. The highest BCUT2D eigenvalue weighted by Crippen LogP contribution is 2.17. The van der Waals surface area contributed by atoms with Crippen LogP contribution in [0.3, 0.4) is 0 Å². The minimum atomic E-state index is -0.364. The first kappa shape index (κ1) is 16.5. The lowest BCUT2D eigenvalue weighted by Gasteiger charge is -2.14. The van der Waals surface area contributed by atoms with E-state index in [4.69, 9.17) is 5.73 Å². The summed E-state index contributed by atoms with van der Waals surface area (Å²) in [6, 6.07) is 11.6. The molecule has 1 atom stereocenters. The Bertz CT molecular complexity index is 643. The number of hydrogen-bond donors (Lipinski definition) is 1. The van der Waals surface area contributed by atoms with E-state index < -0.39 is 0 Å². The SMILES string of the molecule is CCCCCn1cccc(C(N)c2ccc(CC)cc2)c1=O. The van der Waals surface area contributed by atoms with E-state index in [9.17, 15) is 4.79 Å². The Kier molecular flexibility index (Phi) is 5.96. The van der Waals surface area contributed by atoms with E-state index >= 15 is 0 Å². The molecule has 0 bridgehead atoms. The third-order valence-corrected chi connectivity index (χ3v) is 4.13. The second-order valence-electron chi connectivity index (χ2n) is 5.74. The Morgan fingerprint density at radius 2 is 1.82 bits per heavy atom. The van der Waals surface area contributed by atoms with Crippen molar-refractivity contribution in [2.45, 2.75) is 52.1 Å². The van der Waals surface area contributed by atoms with E-state index in [1.807, 2.05) is 30.5 Å². The summed E-state index contributed by atoms with van der Waals surface area (Å²) in [6.07, 6.45) is 6.18. The molecule has 2 N–H and O–H groups in total. The van der Waals surface area contributed by atoms with Crippen LogP contribution < -0.4 is 11.3 Å². The van der Waals surface area contributed by atoms with Crippen molar-refractivity contribution in [3.63, 3.8) is 0 Å². The van der Waals surface area contributed by atoms with Gasteiger partial charge >= 0.3 is 0 Å². The van der Waals surface area contributed by atoms with Gasteiger partial charge in [0, 0.05) is 18.3 Å². The lowest BCUT2D eigenvalue weighted by atomic mass is 9.99. The standard InChI is InChI=1S/C19H26N2O/c1-3-5-6-13-21-14-7-8-17(19(21)22)18(20)16-11-9-15(4-2)10-12-16/h7-12,14,18H,3-6,13,20H2,1-2H3. The summed E-state index contributed by atoms with van der Waals surface area (Å²) in [7, 11) is 0. The van der Waals surface area contributed by atoms with E-state index in [-0.39, 0.29) is 11.6 Å². The molecule has 0 aliphatic heterocycles. The summed E-state index contributed by atoms with van der Waals surface area (Å²) < 4.78 is 1.78. The zero-order chi connectivity index (χ0) is 15.9. The van der Waals surface area contributed by atoms with E-state index in [2.05, 4.69) is 26.0 Å². The molecule has 0 aliphatic carbocycles. The second-order valence-corrected chi connectivity index (χ2v) is 5.74. The molecule has 0 saturated carbocycles. The molecule has 3 heteroatoms. The van der Waals surface area contributed by atoms with Crippen molar-refractivity contribution >= 4 is 0 Å². The molecule has 1 aromatic heterocycles. The van der Waals surface area contributed by atoms with Crippen molar-refractivity contribution < 1.29 is 0 Å². The van der Waals surface area contributed by atoms with Crippen LogP contribution in [0.15, 0.2) is 47.4 Å². The Balaban J connectivity index is 2.23. The molecule has 2 rings (SSSR count). The molecule has 3 nitrogen and oxygen atoms in total. The van der Waals surface area contributed by atoms with Crippen LogP contribution in [-0.2, 0) is 13.0 Å². The predicted molar refractivity (Wildman–Crippen MR) is 92.1 cm³/mol. The molecule has 0 spiro atoms. The first-order valence-corrected chi connectivity index (χ1v) is 8.21. The maximum atomic E-state index is 12.6. The summed E-state index contributed by atoms with van der Waals surface area (Å²) in [5.41, 5.74) is 9.29. The normalized spacial score (nSPS) is 12.3. The number of unbranched alkanes of at least 4 members (excludes halogenated alkanes) is 2. The van der Waals surface area contributed by atoms with Gasteiger partial charge in [-0.25, -0.2) is 0 Å². The van der Waals surface area contributed by atoms with Gasteiger partial charge in [-0.3, -0.25) is 4.79 Å². The molecule has 1 heterocycles. The Morgan fingerprint density at radius 1 is 1.09 bits per heavy atom. The zero-order valence-electron chi connectivity index (χ0n) is 13.6. The van der Waals surface area contributed by atoms with Gasteiger partial charge in [-0.15, -0.1) is 0 Å². The van der Waals surface area contributed by atoms with Gasteiger partial charge in [0.2, 0.25) is 0 Å². The number of hydrogen-bond acceptors (Lipinski definition) is 2. The average Bonchev–Trinajstić information content (AvgIpc) is 2.56. The van der Waals surface area contributed by atoms with Crippen LogP contribution >= 0.6 is 0 Å². The second kappa shape index (κ2) is 7.95. The van der Waals surface area contributed by atoms with Crippen LogP contribution in [0.5, 0.6) is 0 Å². The Hall–Kier alpha value is -1.87. The summed E-state index contributed by atoms with van der Waals surface area (Å²) in [5.74, 6) is 0. The maximum absolute atomic E-state index is 12.6. The van der Waals surface area contributed by atoms with Gasteiger partial charge in [0.25, 0.3) is 5.56 Å². The number of benzene rings is 1.